The summed E-state index contributed by atoms with van der Waals surface area (Å²) in [4.78, 5) is 14.6. The summed E-state index contributed by atoms with van der Waals surface area (Å²) in [5.74, 6) is -1.47. The number of benzene rings is 1. The molecule has 2 bridgehead atoms. The van der Waals surface area contributed by atoms with Crippen molar-refractivity contribution in [2.45, 2.75) is 55.9 Å². The van der Waals surface area contributed by atoms with Gasteiger partial charge in [-0.2, -0.15) is 18.4 Å². The molecule has 1 amide bonds. The van der Waals surface area contributed by atoms with Crippen molar-refractivity contribution in [3.63, 3.8) is 0 Å². The molecule has 1 aromatic rings. The summed E-state index contributed by atoms with van der Waals surface area (Å²) in [6, 6.07) is 4.78. The van der Waals surface area contributed by atoms with Crippen molar-refractivity contribution in [2.24, 2.45) is 11.8 Å². The monoisotopic (exact) mass is 408 g/mol. The van der Waals surface area contributed by atoms with Gasteiger partial charge >= 0.3 is 6.18 Å². The average molecular weight is 408 g/mol. The molecular weight excluding hydrogens is 389 g/mol. The Hall–Kier alpha value is -2.15. The number of anilines is 1. The van der Waals surface area contributed by atoms with E-state index in [0.29, 0.717) is 6.42 Å². The normalized spacial score (nSPS) is 42.9. The lowest BCUT2D eigenvalue weighted by atomic mass is 9.59. The molecule has 154 valence electrons. The van der Waals surface area contributed by atoms with Gasteiger partial charge in [-0.25, -0.2) is 0 Å². The number of aliphatic hydroxyl groups is 1. The largest absolute Gasteiger partial charge is 0.417 e. The number of rotatable bonds is 1. The smallest absolute Gasteiger partial charge is 0.387 e. The predicted octanol–water partition coefficient (Wildman–Crippen LogP) is 2.58. The average Bonchev–Trinajstić information content (AvgIpc) is 3.15. The number of halogens is 3. The van der Waals surface area contributed by atoms with Crippen LogP contribution in [0.5, 0.6) is 0 Å². The summed E-state index contributed by atoms with van der Waals surface area (Å²) < 4.78 is 52.4. The minimum atomic E-state index is -4.73. The zero-order valence-electron chi connectivity index (χ0n) is 15.8. The van der Waals surface area contributed by atoms with Crippen LogP contribution in [0.2, 0.25) is 0 Å². The lowest BCUT2D eigenvalue weighted by molar-refractivity contribution is -0.193. The maximum atomic E-state index is 13.4. The van der Waals surface area contributed by atoms with Gasteiger partial charge in [0.05, 0.1) is 46.8 Å². The van der Waals surface area contributed by atoms with Crippen molar-refractivity contribution < 1.29 is 32.5 Å². The quantitative estimate of drug-likeness (QED) is 0.773. The zero-order chi connectivity index (χ0) is 21.0. The zero-order valence-corrected chi connectivity index (χ0v) is 15.8. The number of nitrogens with zero attached hydrogens (tertiary/aromatic N) is 2. The molecule has 6 nitrogen and oxygen atoms in total. The molecule has 0 aliphatic carbocycles. The molecule has 5 rings (SSSR count). The molecule has 4 aliphatic rings. The summed E-state index contributed by atoms with van der Waals surface area (Å²) in [5, 5.41) is 20.1. The number of hydrogen-bond donors (Lipinski definition) is 1. The van der Waals surface area contributed by atoms with E-state index in [2.05, 4.69) is 0 Å². The van der Waals surface area contributed by atoms with Crippen molar-refractivity contribution in [2.75, 3.05) is 11.5 Å². The van der Waals surface area contributed by atoms with E-state index in [1.807, 2.05) is 0 Å². The Morgan fingerprint density at radius 2 is 2.07 bits per heavy atom. The standard InChI is InChI=1S/C20H19F3N2O4/c1-17-9-18(2,27)19(29-17)5-6-28-16-14(19)13(17)15(26)25(16)11-4-3-10(8-24)12(7-11)20(21,22)23/h3-4,7,13-14,16,27H,5-6,9H2,1-2H3/t13-,14+,16+,17-,18-,19-/m1/s1. The summed E-state index contributed by atoms with van der Waals surface area (Å²) in [7, 11) is 0. The molecule has 0 saturated carbocycles. The molecule has 0 unspecified atom stereocenters. The highest BCUT2D eigenvalue weighted by Gasteiger charge is 2.81. The highest BCUT2D eigenvalue weighted by molar-refractivity contribution is 6.00. The topological polar surface area (TPSA) is 82.8 Å². The molecule has 4 saturated heterocycles. The van der Waals surface area contributed by atoms with Crippen LogP contribution in [0.4, 0.5) is 18.9 Å². The van der Waals surface area contributed by atoms with Gasteiger partial charge in [0.15, 0.2) is 0 Å². The van der Waals surface area contributed by atoms with Gasteiger partial charge in [0.2, 0.25) is 5.91 Å². The van der Waals surface area contributed by atoms with Crippen molar-refractivity contribution in [1.29, 1.82) is 5.26 Å². The van der Waals surface area contributed by atoms with E-state index in [4.69, 9.17) is 14.7 Å². The Morgan fingerprint density at radius 3 is 2.72 bits per heavy atom. The lowest BCUT2D eigenvalue weighted by Gasteiger charge is -2.48. The molecule has 9 heteroatoms. The third-order valence-electron chi connectivity index (χ3n) is 7.11. The minimum absolute atomic E-state index is 0.0282. The maximum absolute atomic E-state index is 13.4. The molecule has 6 atom stereocenters. The van der Waals surface area contributed by atoms with Crippen LogP contribution in [-0.4, -0.2) is 40.7 Å². The third kappa shape index (κ3) is 2.14. The van der Waals surface area contributed by atoms with E-state index in [1.165, 1.54) is 11.0 Å². The molecule has 1 N–H and O–H groups in total. The van der Waals surface area contributed by atoms with E-state index in [9.17, 15) is 23.1 Å². The van der Waals surface area contributed by atoms with E-state index >= 15 is 0 Å². The molecule has 29 heavy (non-hydrogen) atoms. The lowest BCUT2D eigenvalue weighted by Crippen LogP contribution is -2.62. The minimum Gasteiger partial charge on any atom is -0.387 e. The number of alkyl halides is 3. The second kappa shape index (κ2) is 5.31. The fourth-order valence-electron chi connectivity index (χ4n) is 6.18. The molecule has 1 aromatic carbocycles. The van der Waals surface area contributed by atoms with Crippen LogP contribution in [0, 0.1) is 23.2 Å². The Labute approximate surface area is 164 Å². The van der Waals surface area contributed by atoms with Gasteiger partial charge in [0.1, 0.15) is 11.8 Å². The second-order valence-corrected chi connectivity index (χ2v) is 8.82. The molecule has 1 spiro atoms. The van der Waals surface area contributed by atoms with E-state index in [-0.39, 0.29) is 24.6 Å². The Kier molecular flexibility index (Phi) is 3.45. The van der Waals surface area contributed by atoms with Crippen LogP contribution < -0.4 is 4.90 Å². The second-order valence-electron chi connectivity index (χ2n) is 8.82. The molecule has 4 fully saturated rings. The number of fused-ring (bicyclic) bond motifs is 2. The number of amides is 1. The van der Waals surface area contributed by atoms with Gasteiger partial charge in [-0.15, -0.1) is 0 Å². The number of hydrogen-bond acceptors (Lipinski definition) is 5. The van der Waals surface area contributed by atoms with Crippen molar-refractivity contribution >= 4 is 11.6 Å². The first-order valence-electron chi connectivity index (χ1n) is 9.44. The Morgan fingerprint density at radius 1 is 1.34 bits per heavy atom. The summed E-state index contributed by atoms with van der Waals surface area (Å²) in [5.41, 5.74) is -4.62. The molecule has 4 aliphatic heterocycles. The number of carbonyl (C=O) groups is 1. The summed E-state index contributed by atoms with van der Waals surface area (Å²) in [6.45, 7) is 3.68. The molecule has 0 radical (unpaired) electrons. The van der Waals surface area contributed by atoms with Gasteiger partial charge < -0.3 is 14.6 Å². The van der Waals surface area contributed by atoms with Crippen molar-refractivity contribution in [3.05, 3.63) is 29.3 Å². The first kappa shape index (κ1) is 18.9. The van der Waals surface area contributed by atoms with Gasteiger partial charge in [-0.05, 0) is 32.0 Å². The van der Waals surface area contributed by atoms with Gasteiger partial charge in [-0.1, -0.05) is 0 Å². The van der Waals surface area contributed by atoms with Crippen LogP contribution in [0.3, 0.4) is 0 Å². The first-order valence-corrected chi connectivity index (χ1v) is 9.44. The summed E-state index contributed by atoms with van der Waals surface area (Å²) in [6.07, 6.45) is -4.88. The molecular formula is C20H19F3N2O4. The van der Waals surface area contributed by atoms with Crippen LogP contribution >= 0.6 is 0 Å². The van der Waals surface area contributed by atoms with E-state index < -0.39 is 52.2 Å². The fraction of sp³-hybridized carbons (Fsp3) is 0.600. The van der Waals surface area contributed by atoms with Crippen LogP contribution in [0.1, 0.15) is 37.8 Å². The number of ether oxygens (including phenoxy) is 2. The van der Waals surface area contributed by atoms with E-state index in [0.717, 1.165) is 12.1 Å². The highest BCUT2D eigenvalue weighted by Crippen LogP contribution is 2.68. The van der Waals surface area contributed by atoms with E-state index in [1.54, 1.807) is 19.9 Å². The fourth-order valence-corrected chi connectivity index (χ4v) is 6.18. The predicted molar refractivity (Wildman–Crippen MR) is 92.4 cm³/mol. The van der Waals surface area contributed by atoms with Gasteiger partial charge in [0.25, 0.3) is 0 Å². The number of nitriles is 1. The highest BCUT2D eigenvalue weighted by atomic mass is 19.4. The van der Waals surface area contributed by atoms with Crippen LogP contribution in [-0.2, 0) is 20.4 Å². The summed E-state index contributed by atoms with van der Waals surface area (Å²) >= 11 is 0. The Bertz CT molecular complexity index is 971. The van der Waals surface area contributed by atoms with Gasteiger partial charge in [0, 0.05) is 18.5 Å². The maximum Gasteiger partial charge on any atom is 0.417 e. The number of carbonyl (C=O) groups excluding carboxylic acids is 1. The van der Waals surface area contributed by atoms with Gasteiger partial charge in [-0.3, -0.25) is 9.69 Å². The van der Waals surface area contributed by atoms with Crippen LogP contribution in [0.25, 0.3) is 0 Å². The third-order valence-corrected chi connectivity index (χ3v) is 7.11. The van der Waals surface area contributed by atoms with Crippen molar-refractivity contribution in [3.8, 4) is 6.07 Å². The first-order chi connectivity index (χ1) is 13.5. The molecule has 0 aromatic heterocycles. The Balaban J connectivity index is 1.64. The molecule has 4 heterocycles. The van der Waals surface area contributed by atoms with Crippen molar-refractivity contribution in [1.82, 2.24) is 0 Å². The SMILES string of the molecule is C[C@@]12C[C@@](C)(O)[C@]3(CCO[C@H]4[C@@H]3[C@@H]1C(=O)N4c1ccc(C#N)c(C(F)(F)F)c1)O2. The van der Waals surface area contributed by atoms with Crippen LogP contribution in [0.15, 0.2) is 18.2 Å².